The fourth-order valence-electron chi connectivity index (χ4n) is 1.19. The minimum Gasteiger partial charge on any atom is -0.456 e. The normalized spacial score (nSPS) is 11.3. The molecule has 0 saturated carbocycles. The number of hydrogen-bond donors (Lipinski definition) is 0. The van der Waals surface area contributed by atoms with Crippen molar-refractivity contribution in [3.63, 3.8) is 0 Å². The highest BCUT2D eigenvalue weighted by atomic mass is 35.5. The molecule has 0 aliphatic rings. The summed E-state index contributed by atoms with van der Waals surface area (Å²) in [5, 5.41) is 0.552. The van der Waals surface area contributed by atoms with E-state index >= 15 is 0 Å². The van der Waals surface area contributed by atoms with Crippen LogP contribution in [0, 0.1) is 6.92 Å². The first-order valence-corrected chi connectivity index (χ1v) is 5.16. The van der Waals surface area contributed by atoms with Crippen molar-refractivity contribution in [3.8, 4) is 0 Å². The molecular weight excluding hydrogens is 212 g/mol. The topological polar surface area (TPSA) is 26.3 Å². The van der Waals surface area contributed by atoms with Crippen LogP contribution in [0.1, 0.15) is 36.7 Å². The summed E-state index contributed by atoms with van der Waals surface area (Å²) in [5.74, 6) is -0.340. The molecule has 0 N–H and O–H groups in total. The Bertz CT molecular complexity index is 357. The predicted octanol–water partition coefficient (Wildman–Crippen LogP) is 3.60. The number of hydrogen-bond acceptors (Lipinski definition) is 2. The number of benzene rings is 1. The monoisotopic (exact) mass is 226 g/mol. The second kappa shape index (κ2) is 4.23. The summed E-state index contributed by atoms with van der Waals surface area (Å²) < 4.78 is 5.24. The molecule has 0 aliphatic heterocycles. The highest BCUT2D eigenvalue weighted by Gasteiger charge is 2.18. The van der Waals surface area contributed by atoms with Crippen LogP contribution >= 0.6 is 11.6 Å². The van der Waals surface area contributed by atoms with E-state index in [0.717, 1.165) is 5.56 Å². The van der Waals surface area contributed by atoms with Gasteiger partial charge in [-0.2, -0.15) is 0 Å². The third-order valence-electron chi connectivity index (χ3n) is 1.68. The summed E-state index contributed by atoms with van der Waals surface area (Å²) >= 11 is 5.86. The van der Waals surface area contributed by atoms with Gasteiger partial charge < -0.3 is 4.74 Å². The Morgan fingerprint density at radius 1 is 1.27 bits per heavy atom. The molecule has 0 aromatic heterocycles. The van der Waals surface area contributed by atoms with Crippen molar-refractivity contribution in [2.45, 2.75) is 33.3 Å². The van der Waals surface area contributed by atoms with E-state index < -0.39 is 5.60 Å². The number of carbonyl (C=O) groups excluding carboxylic acids is 1. The average molecular weight is 227 g/mol. The molecule has 1 aromatic rings. The van der Waals surface area contributed by atoms with Gasteiger partial charge in [-0.05, 0) is 51.5 Å². The third kappa shape index (κ3) is 3.92. The number of esters is 1. The van der Waals surface area contributed by atoms with E-state index in [0.29, 0.717) is 10.6 Å². The molecule has 82 valence electrons. The summed E-state index contributed by atoms with van der Waals surface area (Å²) in [5.41, 5.74) is 0.964. The second-order valence-corrected chi connectivity index (χ2v) is 4.96. The summed E-state index contributed by atoms with van der Waals surface area (Å²) in [6.45, 7) is 7.40. The molecule has 1 rings (SSSR count). The van der Waals surface area contributed by atoms with Gasteiger partial charge in [0.25, 0.3) is 0 Å². The van der Waals surface area contributed by atoms with Crippen LogP contribution in [-0.4, -0.2) is 11.6 Å². The van der Waals surface area contributed by atoms with Crippen LogP contribution < -0.4 is 0 Å². The van der Waals surface area contributed by atoms with Crippen molar-refractivity contribution in [2.75, 3.05) is 0 Å². The fraction of sp³-hybridized carbons (Fsp3) is 0.417. The summed E-state index contributed by atoms with van der Waals surface area (Å²) in [4.78, 5) is 11.7. The number of carbonyl (C=O) groups is 1. The van der Waals surface area contributed by atoms with Crippen molar-refractivity contribution in [1.29, 1.82) is 0 Å². The molecule has 0 bridgehead atoms. The summed E-state index contributed by atoms with van der Waals surface area (Å²) in [6.07, 6.45) is 0. The Morgan fingerprint density at radius 2 is 1.87 bits per heavy atom. The molecule has 2 nitrogen and oxygen atoms in total. The Morgan fingerprint density at radius 3 is 2.33 bits per heavy atom. The zero-order valence-electron chi connectivity index (χ0n) is 9.43. The first kappa shape index (κ1) is 12.1. The second-order valence-electron chi connectivity index (χ2n) is 4.52. The molecule has 0 spiro atoms. The number of ether oxygens (including phenoxy) is 1. The molecule has 0 fully saturated rings. The highest BCUT2D eigenvalue weighted by molar-refractivity contribution is 6.31. The van der Waals surface area contributed by atoms with E-state index in [1.807, 2.05) is 27.7 Å². The molecule has 15 heavy (non-hydrogen) atoms. The van der Waals surface area contributed by atoms with Crippen LogP contribution in [-0.2, 0) is 4.74 Å². The van der Waals surface area contributed by atoms with E-state index in [9.17, 15) is 4.79 Å². The quantitative estimate of drug-likeness (QED) is 0.684. The van der Waals surface area contributed by atoms with Crippen molar-refractivity contribution < 1.29 is 9.53 Å². The van der Waals surface area contributed by atoms with Gasteiger partial charge in [-0.15, -0.1) is 0 Å². The minimum absolute atomic E-state index is 0.340. The van der Waals surface area contributed by atoms with Gasteiger partial charge in [0.15, 0.2) is 0 Å². The van der Waals surface area contributed by atoms with E-state index in [1.54, 1.807) is 18.2 Å². The Balaban J connectivity index is 2.92. The smallest absolute Gasteiger partial charge is 0.338 e. The van der Waals surface area contributed by atoms with Gasteiger partial charge in [-0.3, -0.25) is 0 Å². The Hall–Kier alpha value is -1.02. The highest BCUT2D eigenvalue weighted by Crippen LogP contribution is 2.17. The predicted molar refractivity (Wildman–Crippen MR) is 61.4 cm³/mol. The van der Waals surface area contributed by atoms with Gasteiger partial charge in [-0.25, -0.2) is 4.79 Å². The van der Waals surface area contributed by atoms with Gasteiger partial charge in [-0.1, -0.05) is 11.6 Å². The maximum Gasteiger partial charge on any atom is 0.338 e. The Kier molecular flexibility index (Phi) is 3.40. The SMILES string of the molecule is Cc1cc(Cl)cc(C(=O)OC(C)(C)C)c1. The standard InChI is InChI=1S/C12H15ClO2/c1-8-5-9(7-10(13)6-8)11(14)15-12(2,3)4/h5-7H,1-4H3. The lowest BCUT2D eigenvalue weighted by Crippen LogP contribution is -2.23. The maximum absolute atomic E-state index is 11.7. The summed E-state index contributed by atoms with van der Waals surface area (Å²) in [7, 11) is 0. The van der Waals surface area contributed by atoms with Crippen LogP contribution in [0.25, 0.3) is 0 Å². The van der Waals surface area contributed by atoms with Gasteiger partial charge in [0, 0.05) is 5.02 Å². The van der Waals surface area contributed by atoms with E-state index in [4.69, 9.17) is 16.3 Å². The third-order valence-corrected chi connectivity index (χ3v) is 1.89. The van der Waals surface area contributed by atoms with Crippen molar-refractivity contribution in [2.24, 2.45) is 0 Å². The minimum atomic E-state index is -0.479. The van der Waals surface area contributed by atoms with Crippen molar-refractivity contribution in [3.05, 3.63) is 34.3 Å². The van der Waals surface area contributed by atoms with Crippen LogP contribution in [0.15, 0.2) is 18.2 Å². The maximum atomic E-state index is 11.7. The molecule has 3 heteroatoms. The van der Waals surface area contributed by atoms with Crippen LogP contribution in [0.3, 0.4) is 0 Å². The van der Waals surface area contributed by atoms with Crippen molar-refractivity contribution >= 4 is 17.6 Å². The largest absolute Gasteiger partial charge is 0.456 e. The lowest BCUT2D eigenvalue weighted by atomic mass is 10.1. The molecule has 0 atom stereocenters. The van der Waals surface area contributed by atoms with Gasteiger partial charge >= 0.3 is 5.97 Å². The average Bonchev–Trinajstić information content (AvgIpc) is 1.98. The Labute approximate surface area is 95.2 Å². The van der Waals surface area contributed by atoms with Gasteiger partial charge in [0.05, 0.1) is 5.56 Å². The van der Waals surface area contributed by atoms with E-state index in [1.165, 1.54) is 0 Å². The fourth-order valence-corrected chi connectivity index (χ4v) is 1.48. The number of aryl methyl sites for hydroxylation is 1. The zero-order valence-corrected chi connectivity index (χ0v) is 10.2. The van der Waals surface area contributed by atoms with Gasteiger partial charge in [0.2, 0.25) is 0 Å². The number of halogens is 1. The first-order chi connectivity index (χ1) is 6.78. The van der Waals surface area contributed by atoms with Crippen LogP contribution in [0.5, 0.6) is 0 Å². The molecule has 0 aliphatic carbocycles. The molecular formula is C12H15ClO2. The molecule has 0 saturated heterocycles. The van der Waals surface area contributed by atoms with Crippen LogP contribution in [0.2, 0.25) is 5.02 Å². The van der Waals surface area contributed by atoms with Crippen molar-refractivity contribution in [1.82, 2.24) is 0 Å². The lowest BCUT2D eigenvalue weighted by Gasteiger charge is -2.19. The van der Waals surface area contributed by atoms with E-state index in [2.05, 4.69) is 0 Å². The molecule has 0 radical (unpaired) electrons. The molecule has 0 heterocycles. The lowest BCUT2D eigenvalue weighted by molar-refractivity contribution is 0.00694. The number of rotatable bonds is 1. The molecule has 1 aromatic carbocycles. The van der Waals surface area contributed by atoms with Gasteiger partial charge in [0.1, 0.15) is 5.60 Å². The molecule has 0 amide bonds. The summed E-state index contributed by atoms with van der Waals surface area (Å²) in [6, 6.07) is 5.18. The van der Waals surface area contributed by atoms with Crippen LogP contribution in [0.4, 0.5) is 0 Å². The van der Waals surface area contributed by atoms with E-state index in [-0.39, 0.29) is 5.97 Å². The first-order valence-electron chi connectivity index (χ1n) is 4.78. The molecule has 0 unspecified atom stereocenters. The zero-order chi connectivity index (χ0) is 11.6.